The summed E-state index contributed by atoms with van der Waals surface area (Å²) < 4.78 is 4.86. The summed E-state index contributed by atoms with van der Waals surface area (Å²) in [7, 11) is 0. The monoisotopic (exact) mass is 180 g/mol. The number of carbonyl (C=O) groups is 1. The largest absolute Gasteiger partial charge is 0.425 e. The smallest absolute Gasteiger partial charge is 0.337 e. The third-order valence-corrected chi connectivity index (χ3v) is 1.68. The van der Waals surface area contributed by atoms with E-state index in [0.29, 0.717) is 5.75 Å². The lowest BCUT2D eigenvalue weighted by Gasteiger charge is -2.06. The number of esters is 1. The summed E-state index contributed by atoms with van der Waals surface area (Å²) in [6.45, 7) is 3.23. The van der Waals surface area contributed by atoms with Crippen molar-refractivity contribution in [1.82, 2.24) is 0 Å². The van der Waals surface area contributed by atoms with Crippen molar-refractivity contribution < 1.29 is 14.6 Å². The molecule has 0 aliphatic carbocycles. The number of rotatable bonds is 2. The highest BCUT2D eigenvalue weighted by Crippen LogP contribution is 2.18. The Morgan fingerprint density at radius 1 is 1.46 bits per heavy atom. The number of aliphatic hydroxyl groups excluding tert-OH is 1. The first-order chi connectivity index (χ1) is 6.13. The van der Waals surface area contributed by atoms with Gasteiger partial charge in [-0.15, -0.1) is 0 Å². The fourth-order valence-electron chi connectivity index (χ4n) is 1.07. The van der Waals surface area contributed by atoms with Crippen LogP contribution in [0.25, 0.3) is 0 Å². The minimum absolute atomic E-state index is 0.504. The van der Waals surface area contributed by atoms with E-state index >= 15 is 0 Å². The van der Waals surface area contributed by atoms with Crippen molar-refractivity contribution in [2.75, 3.05) is 6.61 Å². The van der Waals surface area contributed by atoms with E-state index in [-0.39, 0.29) is 0 Å². The summed E-state index contributed by atoms with van der Waals surface area (Å²) in [4.78, 5) is 10.7. The van der Waals surface area contributed by atoms with Crippen LogP contribution < -0.4 is 4.74 Å². The SMILES string of the molecule is Cc1ccc(OC(=O)CO)c(C)c1. The molecule has 0 heterocycles. The Morgan fingerprint density at radius 3 is 2.69 bits per heavy atom. The van der Waals surface area contributed by atoms with Gasteiger partial charge in [-0.1, -0.05) is 17.7 Å². The highest BCUT2D eigenvalue weighted by molar-refractivity contribution is 5.73. The molecule has 0 atom stereocenters. The molecule has 13 heavy (non-hydrogen) atoms. The van der Waals surface area contributed by atoms with E-state index in [9.17, 15) is 4.79 Å². The Balaban J connectivity index is 2.83. The number of aryl methyl sites for hydroxylation is 2. The van der Waals surface area contributed by atoms with E-state index in [1.807, 2.05) is 26.0 Å². The van der Waals surface area contributed by atoms with E-state index in [1.54, 1.807) is 6.07 Å². The maximum atomic E-state index is 10.7. The van der Waals surface area contributed by atoms with Crippen molar-refractivity contribution in [3.63, 3.8) is 0 Å². The minimum Gasteiger partial charge on any atom is -0.425 e. The maximum Gasteiger partial charge on any atom is 0.337 e. The van der Waals surface area contributed by atoms with Crippen LogP contribution in [-0.4, -0.2) is 17.7 Å². The van der Waals surface area contributed by atoms with Crippen LogP contribution in [-0.2, 0) is 4.79 Å². The third kappa shape index (κ3) is 2.56. The topological polar surface area (TPSA) is 46.5 Å². The molecule has 1 aromatic rings. The molecule has 0 spiro atoms. The number of benzene rings is 1. The zero-order valence-electron chi connectivity index (χ0n) is 7.70. The fourth-order valence-corrected chi connectivity index (χ4v) is 1.07. The highest BCUT2D eigenvalue weighted by Gasteiger charge is 2.04. The number of hydrogen-bond acceptors (Lipinski definition) is 3. The van der Waals surface area contributed by atoms with Gasteiger partial charge in [0.2, 0.25) is 0 Å². The zero-order valence-corrected chi connectivity index (χ0v) is 7.70. The molecule has 0 aliphatic rings. The Labute approximate surface area is 77.0 Å². The van der Waals surface area contributed by atoms with Crippen molar-refractivity contribution in [2.45, 2.75) is 13.8 Å². The van der Waals surface area contributed by atoms with Crippen molar-refractivity contribution in [1.29, 1.82) is 0 Å². The molecular weight excluding hydrogens is 168 g/mol. The minimum atomic E-state index is -0.632. The fraction of sp³-hybridized carbons (Fsp3) is 0.300. The van der Waals surface area contributed by atoms with Crippen molar-refractivity contribution in [3.8, 4) is 5.75 Å². The van der Waals surface area contributed by atoms with Gasteiger partial charge in [0, 0.05) is 0 Å². The quantitative estimate of drug-likeness (QED) is 0.549. The van der Waals surface area contributed by atoms with E-state index < -0.39 is 12.6 Å². The molecule has 70 valence electrons. The Bertz CT molecular complexity index is 318. The molecule has 0 aliphatic heterocycles. The molecule has 0 radical (unpaired) electrons. The van der Waals surface area contributed by atoms with Crippen molar-refractivity contribution >= 4 is 5.97 Å². The normalized spacial score (nSPS) is 9.77. The average Bonchev–Trinajstić information content (AvgIpc) is 2.09. The van der Waals surface area contributed by atoms with Gasteiger partial charge in [-0.3, -0.25) is 0 Å². The summed E-state index contributed by atoms with van der Waals surface area (Å²) in [5, 5.41) is 8.47. The van der Waals surface area contributed by atoms with Gasteiger partial charge in [0.1, 0.15) is 12.4 Å². The highest BCUT2D eigenvalue weighted by atomic mass is 16.5. The predicted molar refractivity (Wildman–Crippen MR) is 48.6 cm³/mol. The molecule has 1 N–H and O–H groups in total. The van der Waals surface area contributed by atoms with E-state index in [2.05, 4.69) is 0 Å². The van der Waals surface area contributed by atoms with Gasteiger partial charge < -0.3 is 9.84 Å². The lowest BCUT2D eigenvalue weighted by Crippen LogP contribution is -2.12. The summed E-state index contributed by atoms with van der Waals surface area (Å²) >= 11 is 0. The van der Waals surface area contributed by atoms with Crippen molar-refractivity contribution in [3.05, 3.63) is 29.3 Å². The van der Waals surface area contributed by atoms with Gasteiger partial charge in [0.15, 0.2) is 0 Å². The van der Waals surface area contributed by atoms with E-state index in [4.69, 9.17) is 9.84 Å². The zero-order chi connectivity index (χ0) is 9.84. The van der Waals surface area contributed by atoms with Crippen LogP contribution in [0.2, 0.25) is 0 Å². The maximum absolute atomic E-state index is 10.7. The van der Waals surface area contributed by atoms with Crippen LogP contribution >= 0.6 is 0 Å². The predicted octanol–water partition coefficient (Wildman–Crippen LogP) is 1.20. The van der Waals surface area contributed by atoms with Crippen LogP contribution in [0.5, 0.6) is 5.75 Å². The lowest BCUT2D eigenvalue weighted by atomic mass is 10.1. The van der Waals surface area contributed by atoms with Crippen LogP contribution in [0, 0.1) is 13.8 Å². The molecule has 0 unspecified atom stereocenters. The summed E-state index contributed by atoms with van der Waals surface area (Å²) in [5.74, 6) is -0.128. The second-order valence-corrected chi connectivity index (χ2v) is 2.90. The Morgan fingerprint density at radius 2 is 2.15 bits per heavy atom. The van der Waals surface area contributed by atoms with E-state index in [1.165, 1.54) is 0 Å². The molecule has 1 rings (SSSR count). The molecule has 3 heteroatoms. The van der Waals surface area contributed by atoms with Crippen LogP contribution in [0.3, 0.4) is 0 Å². The van der Waals surface area contributed by atoms with Crippen LogP contribution in [0.1, 0.15) is 11.1 Å². The number of hydrogen-bond donors (Lipinski definition) is 1. The Kier molecular flexibility index (Phi) is 3.03. The van der Waals surface area contributed by atoms with Gasteiger partial charge in [0.25, 0.3) is 0 Å². The molecule has 0 amide bonds. The second-order valence-electron chi connectivity index (χ2n) is 2.90. The average molecular weight is 180 g/mol. The lowest BCUT2D eigenvalue weighted by molar-refractivity contribution is -0.137. The van der Waals surface area contributed by atoms with Crippen LogP contribution in [0.15, 0.2) is 18.2 Å². The van der Waals surface area contributed by atoms with Gasteiger partial charge in [-0.2, -0.15) is 0 Å². The molecule has 0 saturated carbocycles. The molecule has 0 fully saturated rings. The summed E-state index contributed by atoms with van der Waals surface area (Å²) in [6.07, 6.45) is 0. The Hall–Kier alpha value is -1.35. The summed E-state index contributed by atoms with van der Waals surface area (Å²) in [6, 6.07) is 5.49. The molecule has 0 bridgehead atoms. The van der Waals surface area contributed by atoms with Crippen LogP contribution in [0.4, 0.5) is 0 Å². The first-order valence-electron chi connectivity index (χ1n) is 4.02. The van der Waals surface area contributed by atoms with Gasteiger partial charge in [0.05, 0.1) is 0 Å². The second kappa shape index (κ2) is 4.05. The van der Waals surface area contributed by atoms with Gasteiger partial charge in [-0.25, -0.2) is 4.79 Å². The van der Waals surface area contributed by atoms with Gasteiger partial charge in [-0.05, 0) is 25.5 Å². The molecular formula is C10H12O3. The first-order valence-corrected chi connectivity index (χ1v) is 4.02. The van der Waals surface area contributed by atoms with Gasteiger partial charge >= 0.3 is 5.97 Å². The standard InChI is InChI=1S/C10H12O3/c1-7-3-4-9(8(2)5-7)13-10(12)6-11/h3-5,11H,6H2,1-2H3. The third-order valence-electron chi connectivity index (χ3n) is 1.68. The number of ether oxygens (including phenoxy) is 1. The van der Waals surface area contributed by atoms with Crippen molar-refractivity contribution in [2.24, 2.45) is 0 Å². The molecule has 0 saturated heterocycles. The number of aliphatic hydroxyl groups is 1. The molecule has 1 aromatic carbocycles. The first kappa shape index (κ1) is 9.74. The summed E-state index contributed by atoms with van der Waals surface area (Å²) in [5.41, 5.74) is 2.00. The number of carbonyl (C=O) groups excluding carboxylic acids is 1. The molecule has 0 aromatic heterocycles. The molecule has 3 nitrogen and oxygen atoms in total. The van der Waals surface area contributed by atoms with E-state index in [0.717, 1.165) is 11.1 Å².